The van der Waals surface area contributed by atoms with E-state index in [1.807, 2.05) is 0 Å². The summed E-state index contributed by atoms with van der Waals surface area (Å²) in [6.07, 6.45) is 1.67. The average molecular weight is 275 g/mol. The van der Waals surface area contributed by atoms with Crippen molar-refractivity contribution in [3.63, 3.8) is 0 Å². The lowest BCUT2D eigenvalue weighted by atomic mass is 10.1. The standard InChI is InChI=1S/C12H9N3O5/c16-11(17)10(8-4-2-1-3-5-8)14-7-9(15(19)20)6-13-12(14)18/h1-7,10H,(H,16,17). The number of benzene rings is 1. The molecule has 1 heterocycles. The largest absolute Gasteiger partial charge is 0.479 e. The highest BCUT2D eigenvalue weighted by Crippen LogP contribution is 2.18. The van der Waals surface area contributed by atoms with Gasteiger partial charge >= 0.3 is 17.3 Å². The second-order valence-corrected chi connectivity index (χ2v) is 3.91. The minimum Gasteiger partial charge on any atom is -0.479 e. The third kappa shape index (κ3) is 2.53. The Bertz CT molecular complexity index is 711. The molecule has 8 nitrogen and oxygen atoms in total. The minimum atomic E-state index is -1.36. The molecule has 1 aromatic carbocycles. The van der Waals surface area contributed by atoms with Gasteiger partial charge in [-0.1, -0.05) is 30.3 Å². The van der Waals surface area contributed by atoms with Crippen LogP contribution in [0.25, 0.3) is 0 Å². The predicted octanol–water partition coefficient (Wildman–Crippen LogP) is 0.825. The fourth-order valence-corrected chi connectivity index (χ4v) is 1.76. The van der Waals surface area contributed by atoms with Crippen LogP contribution in [0.1, 0.15) is 11.6 Å². The molecule has 0 spiro atoms. The Hall–Kier alpha value is -3.03. The molecule has 8 heteroatoms. The van der Waals surface area contributed by atoms with E-state index in [4.69, 9.17) is 0 Å². The molecule has 0 saturated heterocycles. The lowest BCUT2D eigenvalue weighted by Gasteiger charge is -2.14. The lowest BCUT2D eigenvalue weighted by Crippen LogP contribution is -2.31. The van der Waals surface area contributed by atoms with E-state index in [1.54, 1.807) is 18.2 Å². The van der Waals surface area contributed by atoms with Crippen LogP contribution in [0.2, 0.25) is 0 Å². The molecule has 1 unspecified atom stereocenters. The van der Waals surface area contributed by atoms with Crippen LogP contribution in [0.5, 0.6) is 0 Å². The molecule has 0 amide bonds. The van der Waals surface area contributed by atoms with E-state index in [9.17, 15) is 24.8 Å². The van der Waals surface area contributed by atoms with E-state index in [2.05, 4.69) is 4.98 Å². The van der Waals surface area contributed by atoms with Crippen molar-refractivity contribution >= 4 is 11.7 Å². The van der Waals surface area contributed by atoms with Crippen LogP contribution >= 0.6 is 0 Å². The Morgan fingerprint density at radius 1 is 1.35 bits per heavy atom. The monoisotopic (exact) mass is 275 g/mol. The summed E-state index contributed by atoms with van der Waals surface area (Å²) >= 11 is 0. The molecule has 0 bridgehead atoms. The van der Waals surface area contributed by atoms with Gasteiger partial charge in [0.25, 0.3) is 0 Å². The Kier molecular flexibility index (Phi) is 3.56. The predicted molar refractivity (Wildman–Crippen MR) is 67.4 cm³/mol. The van der Waals surface area contributed by atoms with Crippen molar-refractivity contribution in [3.8, 4) is 0 Å². The SMILES string of the molecule is O=C(O)C(c1ccccc1)n1cc([N+](=O)[O-])cnc1=O. The van der Waals surface area contributed by atoms with Crippen LogP contribution in [-0.4, -0.2) is 25.6 Å². The van der Waals surface area contributed by atoms with Crippen molar-refractivity contribution in [2.24, 2.45) is 0 Å². The summed E-state index contributed by atoms with van der Waals surface area (Å²) in [4.78, 5) is 36.3. The zero-order valence-corrected chi connectivity index (χ0v) is 10.0. The van der Waals surface area contributed by atoms with Crippen molar-refractivity contribution in [2.45, 2.75) is 6.04 Å². The summed E-state index contributed by atoms with van der Waals surface area (Å²) in [6.45, 7) is 0. The van der Waals surface area contributed by atoms with Crippen molar-refractivity contribution in [1.82, 2.24) is 9.55 Å². The summed E-state index contributed by atoms with van der Waals surface area (Å²) in [7, 11) is 0. The van der Waals surface area contributed by atoms with Crippen LogP contribution in [-0.2, 0) is 4.79 Å². The number of carbonyl (C=O) groups is 1. The lowest BCUT2D eigenvalue weighted by molar-refractivity contribution is -0.385. The molecule has 1 N–H and O–H groups in total. The first kappa shape index (κ1) is 13.4. The van der Waals surface area contributed by atoms with Gasteiger partial charge in [0.15, 0.2) is 6.04 Å². The zero-order chi connectivity index (χ0) is 14.7. The molecule has 0 radical (unpaired) electrons. The number of carboxylic acid groups (broad SMARTS) is 1. The van der Waals surface area contributed by atoms with Crippen molar-refractivity contribution < 1.29 is 14.8 Å². The fraction of sp³-hybridized carbons (Fsp3) is 0.0833. The number of aliphatic carboxylic acids is 1. The van der Waals surface area contributed by atoms with Gasteiger partial charge in [-0.3, -0.25) is 14.7 Å². The van der Waals surface area contributed by atoms with Gasteiger partial charge in [-0.05, 0) is 5.56 Å². The third-order valence-corrected chi connectivity index (χ3v) is 2.64. The Morgan fingerprint density at radius 2 is 2.00 bits per heavy atom. The van der Waals surface area contributed by atoms with E-state index in [0.717, 1.165) is 17.0 Å². The first-order valence-corrected chi connectivity index (χ1v) is 5.51. The first-order valence-electron chi connectivity index (χ1n) is 5.51. The molecule has 2 rings (SSSR count). The van der Waals surface area contributed by atoms with Crippen LogP contribution in [0, 0.1) is 10.1 Å². The van der Waals surface area contributed by atoms with Crippen LogP contribution < -0.4 is 5.69 Å². The Labute approximate surface area is 112 Å². The second kappa shape index (κ2) is 5.31. The summed E-state index contributed by atoms with van der Waals surface area (Å²) in [5.41, 5.74) is -0.997. The van der Waals surface area contributed by atoms with E-state index in [-0.39, 0.29) is 0 Å². The van der Waals surface area contributed by atoms with Crippen LogP contribution in [0.3, 0.4) is 0 Å². The average Bonchev–Trinajstić information content (AvgIpc) is 2.41. The molecule has 20 heavy (non-hydrogen) atoms. The van der Waals surface area contributed by atoms with E-state index >= 15 is 0 Å². The summed E-state index contributed by atoms with van der Waals surface area (Å²) < 4.78 is 0.732. The van der Waals surface area contributed by atoms with Gasteiger partial charge in [-0.2, -0.15) is 4.98 Å². The highest BCUT2D eigenvalue weighted by atomic mass is 16.6. The maximum atomic E-state index is 11.7. The smallest absolute Gasteiger partial charge is 0.349 e. The Morgan fingerprint density at radius 3 is 2.55 bits per heavy atom. The normalized spacial score (nSPS) is 11.8. The summed E-state index contributed by atoms with van der Waals surface area (Å²) in [6, 6.07) is 6.59. The molecule has 0 aliphatic rings. The molecule has 0 saturated carbocycles. The summed E-state index contributed by atoms with van der Waals surface area (Å²) in [5.74, 6) is -1.31. The topological polar surface area (TPSA) is 115 Å². The number of carboxylic acids is 1. The van der Waals surface area contributed by atoms with Gasteiger partial charge in [-0.15, -0.1) is 0 Å². The molecule has 102 valence electrons. The molecule has 2 aromatic rings. The number of nitrogens with zero attached hydrogens (tertiary/aromatic N) is 3. The quantitative estimate of drug-likeness (QED) is 0.652. The van der Waals surface area contributed by atoms with Gasteiger partial charge in [0.1, 0.15) is 6.20 Å². The number of hydrogen-bond donors (Lipinski definition) is 1. The zero-order valence-electron chi connectivity index (χ0n) is 10.0. The van der Waals surface area contributed by atoms with Crippen molar-refractivity contribution in [3.05, 3.63) is 68.9 Å². The molecular weight excluding hydrogens is 266 g/mol. The van der Waals surface area contributed by atoms with Crippen molar-refractivity contribution in [1.29, 1.82) is 0 Å². The molecule has 0 fully saturated rings. The molecule has 0 aliphatic heterocycles. The molecular formula is C12H9N3O5. The third-order valence-electron chi connectivity index (χ3n) is 2.64. The highest BCUT2D eigenvalue weighted by molar-refractivity contribution is 5.76. The van der Waals surface area contributed by atoms with Crippen molar-refractivity contribution in [2.75, 3.05) is 0 Å². The molecule has 1 atom stereocenters. The highest BCUT2D eigenvalue weighted by Gasteiger charge is 2.25. The number of aromatic nitrogens is 2. The van der Waals surface area contributed by atoms with E-state index < -0.39 is 28.3 Å². The fourth-order valence-electron chi connectivity index (χ4n) is 1.76. The van der Waals surface area contributed by atoms with Gasteiger partial charge < -0.3 is 5.11 Å². The number of rotatable bonds is 4. The maximum Gasteiger partial charge on any atom is 0.349 e. The summed E-state index contributed by atoms with van der Waals surface area (Å²) in [5, 5.41) is 20.0. The van der Waals surface area contributed by atoms with Gasteiger partial charge in [-0.25, -0.2) is 9.59 Å². The maximum absolute atomic E-state index is 11.7. The number of nitro groups is 1. The van der Waals surface area contributed by atoms with E-state index in [0.29, 0.717) is 5.56 Å². The van der Waals surface area contributed by atoms with Gasteiger partial charge in [0.05, 0.1) is 11.1 Å². The van der Waals surface area contributed by atoms with E-state index in [1.165, 1.54) is 12.1 Å². The van der Waals surface area contributed by atoms with Gasteiger partial charge in [0.2, 0.25) is 0 Å². The molecule has 1 aromatic heterocycles. The molecule has 0 aliphatic carbocycles. The van der Waals surface area contributed by atoms with Gasteiger partial charge in [0, 0.05) is 0 Å². The Balaban J connectivity index is 2.61. The van der Waals surface area contributed by atoms with Crippen LogP contribution in [0.4, 0.5) is 5.69 Å². The van der Waals surface area contributed by atoms with Crippen LogP contribution in [0.15, 0.2) is 47.5 Å². The number of hydrogen-bond acceptors (Lipinski definition) is 5. The first-order chi connectivity index (χ1) is 9.50. The minimum absolute atomic E-state index is 0.324. The second-order valence-electron chi connectivity index (χ2n) is 3.91.